The van der Waals surface area contributed by atoms with E-state index >= 15 is 0 Å². The van der Waals surface area contributed by atoms with Crippen LogP contribution in [0.1, 0.15) is 247 Å². The van der Waals surface area contributed by atoms with E-state index in [4.69, 9.17) is 0 Å². The topological polar surface area (TPSA) is 17.1 Å². The van der Waals surface area contributed by atoms with E-state index in [2.05, 4.69) is 285 Å². The zero-order valence-corrected chi connectivity index (χ0v) is 74.5. The highest BCUT2D eigenvalue weighted by atomic mass is 79.9. The van der Waals surface area contributed by atoms with E-state index in [1.165, 1.54) is 274 Å². The summed E-state index contributed by atoms with van der Waals surface area (Å²) in [5.74, 6) is 6.76. The normalized spacial score (nSPS) is 11.8. The first-order valence-corrected chi connectivity index (χ1v) is 46.6. The number of ketones is 1. The number of Topliss-reactive ketones (excluding diaryl/α,β-unsaturated/α-hetero) is 1. The average molecular weight is 1760 g/mol. The number of unbranched alkanes of at least 4 members (excludes halogenated alkanes) is 25. The number of fused-ring (bicyclic) bond motifs is 12. The van der Waals surface area contributed by atoms with Gasteiger partial charge in [-0.25, -0.2) is 0 Å². The molecule has 0 aliphatic heterocycles. The highest BCUT2D eigenvalue weighted by Gasteiger charge is 2.30. The van der Waals surface area contributed by atoms with Crippen LogP contribution < -0.4 is 10.4 Å². The second-order valence-corrected chi connectivity index (χ2v) is 35.3. The number of aryl methyl sites for hydroxylation is 2. The molecule has 1 aliphatic carbocycles. The molecule has 586 valence electrons. The van der Waals surface area contributed by atoms with E-state index in [0.717, 1.165) is 91.4 Å². The van der Waals surface area contributed by atoms with Crippen LogP contribution in [0.4, 0.5) is 0 Å². The van der Waals surface area contributed by atoms with E-state index in [1.54, 1.807) is 0 Å². The van der Waals surface area contributed by atoms with Crippen LogP contribution in [0, 0.1) is 11.8 Å². The van der Waals surface area contributed by atoms with Crippen LogP contribution in [0.3, 0.4) is 0 Å². The van der Waals surface area contributed by atoms with Gasteiger partial charge in [-0.05, 0) is 221 Å². The fraction of sp³-hybridized carbons (Fsp3) is 0.330. The lowest BCUT2D eigenvalue weighted by Crippen LogP contribution is -2.27. The van der Waals surface area contributed by atoms with E-state index in [0.29, 0.717) is 0 Å². The Bertz CT molecular complexity index is 5350. The molecule has 114 heavy (non-hydrogen) atoms. The Morgan fingerprint density at radius 1 is 0.263 bits per heavy atom. The average Bonchev–Trinajstić information content (AvgIpc) is 0.983. The molecule has 0 unspecified atom stereocenters. The molecule has 1 nitrogen and oxygen atoms in total. The molecule has 0 amide bonds. The number of halogens is 4. The van der Waals surface area contributed by atoms with Gasteiger partial charge in [0, 0.05) is 51.5 Å². The summed E-state index contributed by atoms with van der Waals surface area (Å²) in [5.41, 5.74) is 17.0. The number of carbonyl (C=O) groups is 1. The van der Waals surface area contributed by atoms with Crippen molar-refractivity contribution in [3.63, 3.8) is 0 Å². The molecule has 0 bridgehead atoms. The third kappa shape index (κ3) is 22.4. The number of benzene rings is 13. The Labute approximate surface area is 715 Å². The molecule has 1 aliphatic rings. The van der Waals surface area contributed by atoms with Crippen molar-refractivity contribution in [2.75, 3.05) is 0 Å². The molecule has 13 aromatic carbocycles. The number of hydrogen-bond acceptors (Lipinski definition) is 1. The Hall–Kier alpha value is -7.95. The van der Waals surface area contributed by atoms with Gasteiger partial charge in [0.2, 0.25) is 0 Å². The first kappa shape index (κ1) is 85.4. The maximum Gasteiger partial charge on any atom is 0.195 e. The van der Waals surface area contributed by atoms with Gasteiger partial charge in [-0.2, -0.15) is 0 Å². The minimum absolute atomic E-state index is 0.0751. The van der Waals surface area contributed by atoms with Crippen molar-refractivity contribution < 1.29 is 4.79 Å². The predicted octanol–water partition coefficient (Wildman–Crippen LogP) is 33.2. The first-order valence-electron chi connectivity index (χ1n) is 43.4. The maximum absolute atomic E-state index is 14.1. The third-order valence-electron chi connectivity index (χ3n) is 23.1. The molecule has 0 saturated carbocycles. The molecule has 0 heterocycles. The zero-order valence-electron chi connectivity index (χ0n) is 68.1. The molecule has 13 aromatic rings. The van der Waals surface area contributed by atoms with Gasteiger partial charge in [-0.1, -0.05) is 439 Å². The highest BCUT2D eigenvalue weighted by Crippen LogP contribution is 2.53. The van der Waals surface area contributed by atoms with E-state index in [9.17, 15) is 4.79 Å². The van der Waals surface area contributed by atoms with E-state index < -0.39 is 0 Å². The highest BCUT2D eigenvalue weighted by molar-refractivity contribution is 9.11. The molecule has 0 aromatic heterocycles. The van der Waals surface area contributed by atoms with Crippen LogP contribution in [0.2, 0.25) is 0 Å². The summed E-state index contributed by atoms with van der Waals surface area (Å²) in [6, 6.07) is 87.8. The Kier molecular flexibility index (Phi) is 33.7. The lowest BCUT2D eigenvalue weighted by atomic mass is 9.77. The van der Waals surface area contributed by atoms with Crippen molar-refractivity contribution in [2.24, 2.45) is 0 Å². The standard InChI is InChI=1S/C54H58Br2.C29H16Br2O.C26H42/c1-3-5-7-9-11-12-14-22-28-47-50(42-31-29-39(30-32-42)23-17-13-10-8-6-4-2)52(41-26-20-16-21-27-41)54-49-38-44(56)34-36-46(49)45-35-33-43(55)37-48(45)53(54)51(47)40-24-18-15-19-25-40;30-19-11-13-21-22-14-12-20(31)16-24(22)28-26(18-9-5-2-6-10-18)29(32)25(27(28)23(21)15-19)17-7-3-1-4-8-17;1-3-5-7-9-11-12-13-14-16-18-20-26-23-21-25(22-24-26)19-17-15-10-8-6-4-2/h15-16,18-21,24-27,29-38H,3-14,17,22-23,28H2,1-2H3;1-16H;21-24H,3-17,19H2,1-2H3. The quantitative estimate of drug-likeness (QED) is 0.0217. The van der Waals surface area contributed by atoms with Crippen molar-refractivity contribution in [2.45, 2.75) is 233 Å². The van der Waals surface area contributed by atoms with Crippen LogP contribution in [0.5, 0.6) is 0 Å². The summed E-state index contributed by atoms with van der Waals surface area (Å²) in [5, 5.41) is 14.4. The van der Waals surface area contributed by atoms with Crippen LogP contribution >= 0.6 is 63.7 Å². The summed E-state index contributed by atoms with van der Waals surface area (Å²) in [4.78, 5) is 14.1. The zero-order chi connectivity index (χ0) is 79.2. The molecular weight excluding hydrogens is 1640 g/mol. The minimum atomic E-state index is 0.0751. The SMILES string of the molecule is CCCCCCCCCCC#Cc1ccc(CCCCCCCC)cc1.CCCCCCCCCCc1c(-c2ccc(CCCCCCCC)cc2)c(-c2ccccc2)c2c3cc(Br)ccc3c3ccc(Br)cc3c2c1-c1ccccc1.O=C1C(c2ccccc2)=c2c(c3cc(Br)ccc3c3ccc(Br)cc23)=C1c1ccccc1. The van der Waals surface area contributed by atoms with Gasteiger partial charge in [0.1, 0.15) is 0 Å². The van der Waals surface area contributed by atoms with Gasteiger partial charge in [0.25, 0.3) is 0 Å². The molecule has 0 saturated heterocycles. The predicted molar refractivity (Wildman–Crippen MR) is 511 cm³/mol. The molecule has 0 fully saturated rings. The van der Waals surface area contributed by atoms with Gasteiger partial charge in [-0.3, -0.25) is 4.79 Å². The van der Waals surface area contributed by atoms with E-state index in [1.807, 2.05) is 60.7 Å². The fourth-order valence-electron chi connectivity index (χ4n) is 17.2. The number of carbonyl (C=O) groups excluding carboxylic acids is 1. The summed E-state index contributed by atoms with van der Waals surface area (Å²) in [7, 11) is 0. The lowest BCUT2D eigenvalue weighted by Gasteiger charge is -2.26. The second-order valence-electron chi connectivity index (χ2n) is 31.6. The van der Waals surface area contributed by atoms with Crippen molar-refractivity contribution in [1.82, 2.24) is 0 Å². The maximum atomic E-state index is 14.1. The molecular formula is C109H116Br4O. The van der Waals surface area contributed by atoms with Gasteiger partial charge < -0.3 is 0 Å². The Morgan fingerprint density at radius 3 is 0.965 bits per heavy atom. The summed E-state index contributed by atoms with van der Waals surface area (Å²) >= 11 is 15.2. The van der Waals surface area contributed by atoms with Gasteiger partial charge in [0.05, 0.1) is 0 Å². The fourth-order valence-corrected chi connectivity index (χ4v) is 18.7. The Balaban J connectivity index is 0.000000175. The summed E-state index contributed by atoms with van der Waals surface area (Å²) in [6.45, 7) is 9.16. The number of hydrogen-bond donors (Lipinski definition) is 0. The summed E-state index contributed by atoms with van der Waals surface area (Å²) < 4.78 is 4.21. The van der Waals surface area contributed by atoms with Gasteiger partial charge in [-0.15, -0.1) is 0 Å². The minimum Gasteiger partial charge on any atom is -0.289 e. The molecule has 0 atom stereocenters. The van der Waals surface area contributed by atoms with Crippen LogP contribution in [-0.2, 0) is 24.1 Å². The second kappa shape index (κ2) is 45.0. The molecule has 0 radical (unpaired) electrons. The van der Waals surface area contributed by atoms with Crippen molar-refractivity contribution in [3.05, 3.63) is 304 Å². The molecule has 0 N–H and O–H groups in total. The van der Waals surface area contributed by atoms with Crippen molar-refractivity contribution in [3.8, 4) is 45.2 Å². The molecule has 0 spiro atoms. The Morgan fingerprint density at radius 2 is 0.570 bits per heavy atom. The van der Waals surface area contributed by atoms with E-state index in [-0.39, 0.29) is 5.78 Å². The molecule has 5 heteroatoms. The lowest BCUT2D eigenvalue weighted by molar-refractivity contribution is -0.108. The van der Waals surface area contributed by atoms with Crippen molar-refractivity contribution >= 4 is 135 Å². The summed E-state index contributed by atoms with van der Waals surface area (Å²) in [6.07, 6.45) is 42.1. The van der Waals surface area contributed by atoms with Crippen LogP contribution in [0.15, 0.2) is 261 Å². The number of rotatable bonds is 36. The van der Waals surface area contributed by atoms with Crippen LogP contribution in [0.25, 0.3) is 98.4 Å². The smallest absolute Gasteiger partial charge is 0.195 e. The first-order chi connectivity index (χ1) is 56.1. The van der Waals surface area contributed by atoms with Gasteiger partial charge in [0.15, 0.2) is 5.78 Å². The molecule has 14 rings (SSSR count). The van der Waals surface area contributed by atoms with Gasteiger partial charge >= 0.3 is 0 Å². The van der Waals surface area contributed by atoms with Crippen LogP contribution in [-0.4, -0.2) is 5.78 Å². The third-order valence-corrected chi connectivity index (χ3v) is 25.1. The van der Waals surface area contributed by atoms with Crippen molar-refractivity contribution in [1.29, 1.82) is 0 Å². The monoisotopic (exact) mass is 1760 g/mol. The largest absolute Gasteiger partial charge is 0.289 e.